The van der Waals surface area contributed by atoms with E-state index in [0.717, 1.165) is 26.2 Å². The maximum atomic E-state index is 10.6. The summed E-state index contributed by atoms with van der Waals surface area (Å²) in [5.41, 5.74) is 1.26. The van der Waals surface area contributed by atoms with Gasteiger partial charge in [0.15, 0.2) is 0 Å². The molecule has 1 saturated heterocycles. The molecule has 0 radical (unpaired) electrons. The molecule has 0 bridgehead atoms. The maximum absolute atomic E-state index is 10.6. The van der Waals surface area contributed by atoms with Gasteiger partial charge in [0.2, 0.25) is 0 Å². The Bertz CT molecular complexity index is 388. The molecule has 1 atom stereocenters. The van der Waals surface area contributed by atoms with Gasteiger partial charge in [0.1, 0.15) is 0 Å². The van der Waals surface area contributed by atoms with Crippen molar-refractivity contribution in [1.29, 1.82) is 0 Å². The molecule has 1 aliphatic heterocycles. The molecule has 1 unspecified atom stereocenters. The van der Waals surface area contributed by atoms with Gasteiger partial charge < -0.3 is 5.11 Å². The van der Waals surface area contributed by atoms with Gasteiger partial charge in [0.25, 0.3) is 0 Å². The first-order chi connectivity index (χ1) is 8.66. The minimum Gasteiger partial charge on any atom is -0.480 e. The molecular formula is C13H19N3O2. The van der Waals surface area contributed by atoms with Gasteiger partial charge in [-0.2, -0.15) is 0 Å². The normalized spacial score (nSPS) is 19.6. The van der Waals surface area contributed by atoms with Crippen LogP contribution in [0.1, 0.15) is 18.5 Å². The highest BCUT2D eigenvalue weighted by molar-refractivity contribution is 5.69. The molecule has 0 aliphatic carbocycles. The van der Waals surface area contributed by atoms with E-state index in [1.54, 1.807) is 0 Å². The number of aromatic nitrogens is 1. The first-order valence-electron chi connectivity index (χ1n) is 6.25. The summed E-state index contributed by atoms with van der Waals surface area (Å²) in [5, 5.41) is 8.76. The molecule has 2 rings (SSSR count). The monoisotopic (exact) mass is 249 g/mol. The van der Waals surface area contributed by atoms with Crippen LogP contribution in [-0.4, -0.2) is 58.6 Å². The third-order valence-electron chi connectivity index (χ3n) is 3.50. The van der Waals surface area contributed by atoms with Crippen molar-refractivity contribution in [3.05, 3.63) is 30.1 Å². The van der Waals surface area contributed by atoms with Crippen LogP contribution in [0.5, 0.6) is 0 Å². The van der Waals surface area contributed by atoms with Gasteiger partial charge >= 0.3 is 5.97 Å². The Kier molecular flexibility index (Phi) is 4.28. The van der Waals surface area contributed by atoms with Crippen LogP contribution in [0.25, 0.3) is 0 Å². The second-order valence-electron chi connectivity index (χ2n) is 4.66. The molecule has 1 aliphatic rings. The van der Waals surface area contributed by atoms with Crippen molar-refractivity contribution in [2.24, 2.45) is 0 Å². The van der Waals surface area contributed by atoms with Crippen LogP contribution in [0.3, 0.4) is 0 Å². The van der Waals surface area contributed by atoms with Gasteiger partial charge in [-0.05, 0) is 24.6 Å². The van der Waals surface area contributed by atoms with E-state index in [0.29, 0.717) is 6.04 Å². The van der Waals surface area contributed by atoms with Crippen molar-refractivity contribution >= 4 is 5.97 Å². The molecule has 98 valence electrons. The minimum atomic E-state index is -0.745. The summed E-state index contributed by atoms with van der Waals surface area (Å²) in [4.78, 5) is 19.0. The van der Waals surface area contributed by atoms with Crippen LogP contribution >= 0.6 is 0 Å². The third-order valence-corrected chi connectivity index (χ3v) is 3.50. The molecule has 5 nitrogen and oxygen atoms in total. The van der Waals surface area contributed by atoms with Crippen molar-refractivity contribution in [3.63, 3.8) is 0 Å². The number of hydrogen-bond donors (Lipinski definition) is 1. The van der Waals surface area contributed by atoms with Gasteiger partial charge in [-0.1, -0.05) is 0 Å². The fourth-order valence-corrected chi connectivity index (χ4v) is 2.35. The van der Waals surface area contributed by atoms with Gasteiger partial charge in [-0.3, -0.25) is 19.6 Å². The van der Waals surface area contributed by atoms with Crippen LogP contribution in [-0.2, 0) is 4.79 Å². The minimum absolute atomic E-state index is 0.150. The topological polar surface area (TPSA) is 56.7 Å². The summed E-state index contributed by atoms with van der Waals surface area (Å²) >= 11 is 0. The number of piperazine rings is 1. The molecule has 1 N–H and O–H groups in total. The standard InChI is InChI=1S/C13H19N3O2/c1-11(12-2-4-14-5-3-12)16-8-6-15(7-9-16)10-13(17)18/h2-5,11H,6-10H2,1H3,(H,17,18). The van der Waals surface area contributed by atoms with Crippen LogP contribution in [0.4, 0.5) is 0 Å². The van der Waals surface area contributed by atoms with Crippen LogP contribution in [0.2, 0.25) is 0 Å². The highest BCUT2D eigenvalue weighted by atomic mass is 16.4. The Morgan fingerprint density at radius 3 is 2.50 bits per heavy atom. The van der Waals surface area contributed by atoms with Crippen molar-refractivity contribution in [2.45, 2.75) is 13.0 Å². The van der Waals surface area contributed by atoms with E-state index in [1.807, 2.05) is 29.4 Å². The molecule has 1 aromatic heterocycles. The fourth-order valence-electron chi connectivity index (χ4n) is 2.35. The van der Waals surface area contributed by atoms with Crippen molar-refractivity contribution < 1.29 is 9.90 Å². The van der Waals surface area contributed by atoms with Crippen LogP contribution in [0.15, 0.2) is 24.5 Å². The maximum Gasteiger partial charge on any atom is 0.317 e. The lowest BCUT2D eigenvalue weighted by molar-refractivity contribution is -0.138. The lowest BCUT2D eigenvalue weighted by atomic mass is 10.1. The molecule has 0 aromatic carbocycles. The number of aliphatic carboxylic acids is 1. The lowest BCUT2D eigenvalue weighted by Crippen LogP contribution is -2.48. The summed E-state index contributed by atoms with van der Waals surface area (Å²) in [6.07, 6.45) is 3.62. The summed E-state index contributed by atoms with van der Waals surface area (Å²) in [5.74, 6) is -0.745. The summed E-state index contributed by atoms with van der Waals surface area (Å²) in [6, 6.07) is 4.43. The van der Waals surface area contributed by atoms with Crippen LogP contribution in [0, 0.1) is 0 Å². The average Bonchev–Trinajstić information content (AvgIpc) is 2.39. The second-order valence-corrected chi connectivity index (χ2v) is 4.66. The Morgan fingerprint density at radius 2 is 1.94 bits per heavy atom. The average molecular weight is 249 g/mol. The molecule has 1 aromatic rings. The molecule has 0 amide bonds. The summed E-state index contributed by atoms with van der Waals surface area (Å²) in [6.45, 7) is 5.80. The Labute approximate surface area is 107 Å². The lowest BCUT2D eigenvalue weighted by Gasteiger charge is -2.37. The zero-order valence-corrected chi connectivity index (χ0v) is 10.6. The van der Waals surface area contributed by atoms with E-state index in [9.17, 15) is 4.79 Å². The van der Waals surface area contributed by atoms with Gasteiger partial charge in [0.05, 0.1) is 6.54 Å². The highest BCUT2D eigenvalue weighted by Gasteiger charge is 2.22. The highest BCUT2D eigenvalue weighted by Crippen LogP contribution is 2.20. The summed E-state index contributed by atoms with van der Waals surface area (Å²) in [7, 11) is 0. The number of rotatable bonds is 4. The quantitative estimate of drug-likeness (QED) is 0.857. The van der Waals surface area contributed by atoms with E-state index in [4.69, 9.17) is 5.11 Å². The number of nitrogens with zero attached hydrogens (tertiary/aromatic N) is 3. The third kappa shape index (κ3) is 3.27. The number of hydrogen-bond acceptors (Lipinski definition) is 4. The zero-order valence-electron chi connectivity index (χ0n) is 10.6. The first kappa shape index (κ1) is 13.0. The van der Waals surface area contributed by atoms with Crippen LogP contribution < -0.4 is 0 Å². The molecule has 2 heterocycles. The molecule has 0 saturated carbocycles. The largest absolute Gasteiger partial charge is 0.480 e. The number of pyridine rings is 1. The van der Waals surface area contributed by atoms with E-state index < -0.39 is 5.97 Å². The van der Waals surface area contributed by atoms with E-state index in [2.05, 4.69) is 16.8 Å². The molecule has 18 heavy (non-hydrogen) atoms. The van der Waals surface area contributed by atoms with Gasteiger partial charge in [-0.15, -0.1) is 0 Å². The fraction of sp³-hybridized carbons (Fsp3) is 0.538. The number of carboxylic acid groups (broad SMARTS) is 1. The van der Waals surface area contributed by atoms with Crippen molar-refractivity contribution in [2.75, 3.05) is 32.7 Å². The Hall–Kier alpha value is -1.46. The Balaban J connectivity index is 1.88. The Morgan fingerprint density at radius 1 is 1.33 bits per heavy atom. The second kappa shape index (κ2) is 5.93. The van der Waals surface area contributed by atoms with E-state index in [1.165, 1.54) is 5.56 Å². The van der Waals surface area contributed by atoms with Gasteiger partial charge in [0, 0.05) is 44.6 Å². The number of carboxylic acids is 1. The summed E-state index contributed by atoms with van der Waals surface area (Å²) < 4.78 is 0. The molecule has 0 spiro atoms. The first-order valence-corrected chi connectivity index (χ1v) is 6.25. The zero-order chi connectivity index (χ0) is 13.0. The van der Waals surface area contributed by atoms with Crippen molar-refractivity contribution in [1.82, 2.24) is 14.8 Å². The SMILES string of the molecule is CC(c1ccncc1)N1CCN(CC(=O)O)CC1. The predicted octanol–water partition coefficient (Wildman–Crippen LogP) is 0.845. The van der Waals surface area contributed by atoms with Gasteiger partial charge in [-0.25, -0.2) is 0 Å². The molecule has 5 heteroatoms. The molecule has 1 fully saturated rings. The smallest absolute Gasteiger partial charge is 0.317 e. The van der Waals surface area contributed by atoms with E-state index >= 15 is 0 Å². The molecular weight excluding hydrogens is 230 g/mol. The predicted molar refractivity (Wildman–Crippen MR) is 68.3 cm³/mol. The van der Waals surface area contributed by atoms with Crippen molar-refractivity contribution in [3.8, 4) is 0 Å². The number of carbonyl (C=O) groups is 1. The van der Waals surface area contributed by atoms with E-state index in [-0.39, 0.29) is 6.54 Å².